The van der Waals surface area contributed by atoms with E-state index in [0.717, 1.165) is 17.9 Å². The van der Waals surface area contributed by atoms with E-state index in [1.165, 1.54) is 0 Å². The van der Waals surface area contributed by atoms with E-state index in [1.807, 2.05) is 18.0 Å². The predicted molar refractivity (Wildman–Crippen MR) is 64.4 cm³/mol. The molecular formula is C12H20N2O2. The van der Waals surface area contributed by atoms with E-state index < -0.39 is 6.10 Å². The fraction of sp³-hybridized carbons (Fsp3) is 0.583. The summed E-state index contributed by atoms with van der Waals surface area (Å²) in [6.45, 7) is 4.25. The number of aliphatic hydroxyl groups is 2. The van der Waals surface area contributed by atoms with Crippen molar-refractivity contribution in [3.63, 3.8) is 0 Å². The lowest BCUT2D eigenvalue weighted by atomic mass is 10.1. The summed E-state index contributed by atoms with van der Waals surface area (Å²) in [4.78, 5) is 6.20. The third-order valence-electron chi connectivity index (χ3n) is 2.53. The lowest BCUT2D eigenvalue weighted by molar-refractivity contribution is 0.186. The molecule has 16 heavy (non-hydrogen) atoms. The first-order valence-electron chi connectivity index (χ1n) is 5.54. The molecule has 1 aromatic rings. The largest absolute Gasteiger partial charge is 0.393 e. The SMILES string of the molecule is CC(O)CCN(C)c1cc(C(C)O)ccn1. The third kappa shape index (κ3) is 3.79. The maximum absolute atomic E-state index is 9.46. The van der Waals surface area contributed by atoms with Crippen LogP contribution < -0.4 is 4.90 Å². The molecule has 0 bridgehead atoms. The molecular weight excluding hydrogens is 204 g/mol. The molecule has 0 aromatic carbocycles. The van der Waals surface area contributed by atoms with Crippen LogP contribution in [-0.2, 0) is 0 Å². The van der Waals surface area contributed by atoms with Gasteiger partial charge >= 0.3 is 0 Å². The van der Waals surface area contributed by atoms with Crippen LogP contribution in [-0.4, -0.2) is 34.9 Å². The molecule has 0 amide bonds. The summed E-state index contributed by atoms with van der Waals surface area (Å²) < 4.78 is 0. The zero-order chi connectivity index (χ0) is 12.1. The molecule has 90 valence electrons. The highest BCUT2D eigenvalue weighted by Crippen LogP contribution is 2.17. The van der Waals surface area contributed by atoms with Gasteiger partial charge in [-0.1, -0.05) is 0 Å². The van der Waals surface area contributed by atoms with Gasteiger partial charge in [-0.25, -0.2) is 4.98 Å². The summed E-state index contributed by atoms with van der Waals surface area (Å²) in [6, 6.07) is 3.67. The van der Waals surface area contributed by atoms with E-state index in [2.05, 4.69) is 4.98 Å². The zero-order valence-corrected chi connectivity index (χ0v) is 10.1. The average Bonchev–Trinajstić information content (AvgIpc) is 2.26. The topological polar surface area (TPSA) is 56.6 Å². The highest BCUT2D eigenvalue weighted by Gasteiger charge is 2.07. The smallest absolute Gasteiger partial charge is 0.128 e. The molecule has 0 fully saturated rings. The molecule has 0 spiro atoms. The zero-order valence-electron chi connectivity index (χ0n) is 10.1. The van der Waals surface area contributed by atoms with Gasteiger partial charge in [-0.15, -0.1) is 0 Å². The second kappa shape index (κ2) is 5.82. The van der Waals surface area contributed by atoms with E-state index >= 15 is 0 Å². The summed E-state index contributed by atoms with van der Waals surface area (Å²) in [5.41, 5.74) is 0.855. The fourth-order valence-corrected chi connectivity index (χ4v) is 1.40. The van der Waals surface area contributed by atoms with Gasteiger partial charge in [0, 0.05) is 19.8 Å². The van der Waals surface area contributed by atoms with Crippen LogP contribution in [0.5, 0.6) is 0 Å². The Morgan fingerprint density at radius 1 is 1.38 bits per heavy atom. The van der Waals surface area contributed by atoms with Crippen molar-refractivity contribution in [1.82, 2.24) is 4.98 Å². The molecule has 0 aliphatic heterocycles. The molecule has 0 saturated heterocycles. The number of rotatable bonds is 5. The summed E-state index contributed by atoms with van der Waals surface area (Å²) >= 11 is 0. The molecule has 1 heterocycles. The van der Waals surface area contributed by atoms with Crippen molar-refractivity contribution in [3.8, 4) is 0 Å². The number of anilines is 1. The van der Waals surface area contributed by atoms with Gasteiger partial charge in [0.05, 0.1) is 12.2 Å². The third-order valence-corrected chi connectivity index (χ3v) is 2.53. The number of hydrogen-bond acceptors (Lipinski definition) is 4. The van der Waals surface area contributed by atoms with Crippen molar-refractivity contribution >= 4 is 5.82 Å². The van der Waals surface area contributed by atoms with Crippen LogP contribution in [0.4, 0.5) is 5.82 Å². The minimum absolute atomic E-state index is 0.303. The normalized spacial score (nSPS) is 14.6. The van der Waals surface area contributed by atoms with Gasteiger partial charge < -0.3 is 15.1 Å². The first-order chi connectivity index (χ1) is 7.50. The van der Waals surface area contributed by atoms with Crippen LogP contribution >= 0.6 is 0 Å². The van der Waals surface area contributed by atoms with Gasteiger partial charge in [0.15, 0.2) is 0 Å². The molecule has 2 unspecified atom stereocenters. The van der Waals surface area contributed by atoms with Crippen molar-refractivity contribution in [2.45, 2.75) is 32.5 Å². The average molecular weight is 224 g/mol. The summed E-state index contributed by atoms with van der Waals surface area (Å²) in [5.74, 6) is 0.819. The van der Waals surface area contributed by atoms with Gasteiger partial charge in [0.25, 0.3) is 0 Å². The Morgan fingerprint density at radius 2 is 2.06 bits per heavy atom. The second-order valence-electron chi connectivity index (χ2n) is 4.18. The van der Waals surface area contributed by atoms with E-state index in [0.29, 0.717) is 6.42 Å². The highest BCUT2D eigenvalue weighted by molar-refractivity contribution is 5.40. The Labute approximate surface area is 96.6 Å². The van der Waals surface area contributed by atoms with Crippen molar-refractivity contribution in [3.05, 3.63) is 23.9 Å². The van der Waals surface area contributed by atoms with Crippen LogP contribution in [0.25, 0.3) is 0 Å². The summed E-state index contributed by atoms with van der Waals surface area (Å²) in [7, 11) is 1.93. The molecule has 2 atom stereocenters. The molecule has 4 heteroatoms. The lowest BCUT2D eigenvalue weighted by Crippen LogP contribution is -2.22. The quantitative estimate of drug-likeness (QED) is 0.792. The lowest BCUT2D eigenvalue weighted by Gasteiger charge is -2.19. The van der Waals surface area contributed by atoms with Crippen molar-refractivity contribution in [2.75, 3.05) is 18.5 Å². The molecule has 1 aromatic heterocycles. The van der Waals surface area contributed by atoms with Crippen LogP contribution in [0.1, 0.15) is 31.9 Å². The first-order valence-corrected chi connectivity index (χ1v) is 5.54. The molecule has 0 aliphatic carbocycles. The Bertz CT molecular complexity index is 327. The Hall–Kier alpha value is -1.13. The van der Waals surface area contributed by atoms with Gasteiger partial charge in [-0.05, 0) is 38.0 Å². The first kappa shape index (κ1) is 12.9. The number of aliphatic hydroxyl groups excluding tert-OH is 2. The predicted octanol–water partition coefficient (Wildman–Crippen LogP) is 1.34. The minimum atomic E-state index is -0.480. The standard InChI is InChI=1S/C12H20N2O2/c1-9(15)5-7-14(3)12-8-11(10(2)16)4-6-13-12/h4,6,8-10,15-16H,5,7H2,1-3H3. The molecule has 2 N–H and O–H groups in total. The number of aromatic nitrogens is 1. The minimum Gasteiger partial charge on any atom is -0.393 e. The van der Waals surface area contributed by atoms with Crippen molar-refractivity contribution in [1.29, 1.82) is 0 Å². The van der Waals surface area contributed by atoms with Crippen LogP contribution in [0.15, 0.2) is 18.3 Å². The molecule has 4 nitrogen and oxygen atoms in total. The number of nitrogens with zero attached hydrogens (tertiary/aromatic N) is 2. The van der Waals surface area contributed by atoms with Crippen LogP contribution in [0.2, 0.25) is 0 Å². The maximum Gasteiger partial charge on any atom is 0.128 e. The molecule has 0 aliphatic rings. The van der Waals surface area contributed by atoms with Gasteiger partial charge in [-0.2, -0.15) is 0 Å². The van der Waals surface area contributed by atoms with E-state index in [4.69, 9.17) is 0 Å². The summed E-state index contributed by atoms with van der Waals surface area (Å²) in [6.07, 6.45) is 1.61. The Kier molecular flexibility index (Phi) is 4.71. The maximum atomic E-state index is 9.46. The second-order valence-corrected chi connectivity index (χ2v) is 4.18. The summed E-state index contributed by atoms with van der Waals surface area (Å²) in [5, 5.41) is 18.7. The van der Waals surface area contributed by atoms with Crippen molar-refractivity contribution < 1.29 is 10.2 Å². The number of pyridine rings is 1. The van der Waals surface area contributed by atoms with Gasteiger partial charge in [-0.3, -0.25) is 0 Å². The fourth-order valence-electron chi connectivity index (χ4n) is 1.40. The Morgan fingerprint density at radius 3 is 2.62 bits per heavy atom. The van der Waals surface area contributed by atoms with E-state index in [1.54, 1.807) is 26.1 Å². The monoisotopic (exact) mass is 224 g/mol. The molecule has 0 radical (unpaired) electrons. The van der Waals surface area contributed by atoms with Crippen molar-refractivity contribution in [2.24, 2.45) is 0 Å². The molecule has 0 saturated carbocycles. The van der Waals surface area contributed by atoms with Gasteiger partial charge in [0.2, 0.25) is 0 Å². The van der Waals surface area contributed by atoms with Crippen LogP contribution in [0, 0.1) is 0 Å². The molecule has 1 rings (SSSR count). The van der Waals surface area contributed by atoms with Crippen LogP contribution in [0.3, 0.4) is 0 Å². The van der Waals surface area contributed by atoms with E-state index in [9.17, 15) is 10.2 Å². The Balaban J connectivity index is 2.68. The highest BCUT2D eigenvalue weighted by atomic mass is 16.3. The number of hydrogen-bond donors (Lipinski definition) is 2. The van der Waals surface area contributed by atoms with Gasteiger partial charge in [0.1, 0.15) is 5.82 Å². The van der Waals surface area contributed by atoms with E-state index in [-0.39, 0.29) is 6.10 Å².